The van der Waals surface area contributed by atoms with Crippen LogP contribution in [0.25, 0.3) is 0 Å². The molecule has 0 aliphatic carbocycles. The van der Waals surface area contributed by atoms with Crippen molar-refractivity contribution >= 4 is 10.2 Å². The van der Waals surface area contributed by atoms with Gasteiger partial charge in [0.1, 0.15) is 0 Å². The number of hydrogen-bond acceptors (Lipinski definition) is 3. The van der Waals surface area contributed by atoms with Crippen molar-refractivity contribution in [2.24, 2.45) is 17.8 Å². The van der Waals surface area contributed by atoms with Crippen LogP contribution in [0.4, 0.5) is 0 Å². The quantitative estimate of drug-likeness (QED) is 0.666. The Bertz CT molecular complexity index is 398. The first-order valence-electron chi connectivity index (χ1n) is 8.67. The topological polar surface area (TPSA) is 52.7 Å². The molecule has 6 heteroatoms. The van der Waals surface area contributed by atoms with Crippen LogP contribution in [0.2, 0.25) is 0 Å². The van der Waals surface area contributed by atoms with E-state index in [9.17, 15) is 8.42 Å². The summed E-state index contributed by atoms with van der Waals surface area (Å²) in [5.74, 6) is 1.48. The van der Waals surface area contributed by atoms with Gasteiger partial charge in [-0.25, -0.2) is 0 Å². The van der Waals surface area contributed by atoms with Crippen LogP contribution in [0.15, 0.2) is 0 Å². The van der Waals surface area contributed by atoms with Gasteiger partial charge in [0, 0.05) is 26.2 Å². The third-order valence-electron chi connectivity index (χ3n) is 4.31. The minimum Gasteiger partial charge on any atom is -0.319 e. The maximum atomic E-state index is 12.9. The molecule has 1 heterocycles. The van der Waals surface area contributed by atoms with Gasteiger partial charge in [0.2, 0.25) is 0 Å². The van der Waals surface area contributed by atoms with Gasteiger partial charge < -0.3 is 5.32 Å². The van der Waals surface area contributed by atoms with E-state index >= 15 is 0 Å². The summed E-state index contributed by atoms with van der Waals surface area (Å²) in [5, 5.41) is 3.16. The molecule has 1 rings (SSSR count). The molecule has 1 N–H and O–H groups in total. The normalized spacial score (nSPS) is 20.6. The van der Waals surface area contributed by atoms with E-state index in [1.54, 1.807) is 8.61 Å². The molecule has 1 unspecified atom stereocenters. The second kappa shape index (κ2) is 9.21. The zero-order valence-electron chi connectivity index (χ0n) is 15.0. The van der Waals surface area contributed by atoms with E-state index in [-0.39, 0.29) is 0 Å². The van der Waals surface area contributed by atoms with Crippen molar-refractivity contribution in [1.82, 2.24) is 13.9 Å². The molecule has 5 nitrogen and oxygen atoms in total. The molecule has 1 fully saturated rings. The van der Waals surface area contributed by atoms with E-state index < -0.39 is 10.2 Å². The van der Waals surface area contributed by atoms with Gasteiger partial charge in [-0.3, -0.25) is 0 Å². The van der Waals surface area contributed by atoms with Crippen molar-refractivity contribution < 1.29 is 8.42 Å². The van der Waals surface area contributed by atoms with Crippen molar-refractivity contribution in [3.05, 3.63) is 0 Å². The Morgan fingerprint density at radius 2 is 1.68 bits per heavy atom. The van der Waals surface area contributed by atoms with Crippen LogP contribution in [-0.4, -0.2) is 56.8 Å². The monoisotopic (exact) mass is 333 g/mol. The molecule has 0 aromatic carbocycles. The Balaban J connectivity index is 2.72. The van der Waals surface area contributed by atoms with Crippen LogP contribution in [0.5, 0.6) is 0 Å². The largest absolute Gasteiger partial charge is 0.319 e. The summed E-state index contributed by atoms with van der Waals surface area (Å²) < 4.78 is 29.3. The summed E-state index contributed by atoms with van der Waals surface area (Å²) in [6.45, 7) is 12.1. The summed E-state index contributed by atoms with van der Waals surface area (Å²) in [6.07, 6.45) is 2.80. The van der Waals surface area contributed by atoms with E-state index in [2.05, 4.69) is 33.0 Å². The number of rotatable bonds is 10. The first kappa shape index (κ1) is 19.9. The Hall–Kier alpha value is -0.170. The summed E-state index contributed by atoms with van der Waals surface area (Å²) in [4.78, 5) is 0. The van der Waals surface area contributed by atoms with E-state index in [0.717, 1.165) is 25.8 Å². The van der Waals surface area contributed by atoms with Gasteiger partial charge in [0.15, 0.2) is 0 Å². The molecule has 0 bridgehead atoms. The van der Waals surface area contributed by atoms with Crippen LogP contribution in [-0.2, 0) is 10.2 Å². The van der Waals surface area contributed by atoms with Crippen molar-refractivity contribution in [2.75, 3.05) is 39.8 Å². The molecular formula is C16H35N3O2S. The lowest BCUT2D eigenvalue weighted by Gasteiger charge is -2.28. The highest BCUT2D eigenvalue weighted by Gasteiger charge is 2.35. The Morgan fingerprint density at radius 3 is 2.14 bits per heavy atom. The summed E-state index contributed by atoms with van der Waals surface area (Å²) in [7, 11) is -1.38. The van der Waals surface area contributed by atoms with Crippen LogP contribution >= 0.6 is 0 Å². The molecular weight excluding hydrogens is 298 g/mol. The molecule has 1 aliphatic heterocycles. The predicted molar refractivity (Wildman–Crippen MR) is 93.0 cm³/mol. The van der Waals surface area contributed by atoms with Crippen molar-refractivity contribution in [1.29, 1.82) is 0 Å². The van der Waals surface area contributed by atoms with E-state index in [1.807, 2.05) is 7.05 Å². The molecule has 0 aromatic heterocycles. The van der Waals surface area contributed by atoms with Crippen molar-refractivity contribution in [3.63, 3.8) is 0 Å². The van der Waals surface area contributed by atoms with Gasteiger partial charge in [-0.15, -0.1) is 0 Å². The zero-order valence-corrected chi connectivity index (χ0v) is 15.8. The van der Waals surface area contributed by atoms with Gasteiger partial charge in [-0.05, 0) is 50.6 Å². The van der Waals surface area contributed by atoms with Crippen LogP contribution in [0.1, 0.15) is 47.0 Å². The molecule has 1 aliphatic rings. The lowest BCUT2D eigenvalue weighted by atomic mass is 10.1. The SMILES string of the molecule is CNCC1CCN(S(=O)(=O)N(CCC(C)C)CCC(C)C)C1. The highest BCUT2D eigenvalue weighted by atomic mass is 32.2. The third-order valence-corrected chi connectivity index (χ3v) is 6.31. The lowest BCUT2D eigenvalue weighted by molar-refractivity contribution is 0.323. The molecule has 1 saturated heterocycles. The molecule has 0 aromatic rings. The zero-order chi connectivity index (χ0) is 16.8. The fourth-order valence-corrected chi connectivity index (χ4v) is 4.51. The smallest absolute Gasteiger partial charge is 0.281 e. The number of hydrogen-bond donors (Lipinski definition) is 1. The maximum absolute atomic E-state index is 12.9. The fourth-order valence-electron chi connectivity index (χ4n) is 2.77. The maximum Gasteiger partial charge on any atom is 0.281 e. The van der Waals surface area contributed by atoms with Crippen molar-refractivity contribution in [2.45, 2.75) is 47.0 Å². The first-order valence-corrected chi connectivity index (χ1v) is 10.1. The van der Waals surface area contributed by atoms with Gasteiger partial charge in [0.25, 0.3) is 10.2 Å². The fraction of sp³-hybridized carbons (Fsp3) is 1.00. The van der Waals surface area contributed by atoms with Gasteiger partial charge in [0.05, 0.1) is 0 Å². The van der Waals surface area contributed by atoms with Gasteiger partial charge in [-0.1, -0.05) is 27.7 Å². The Morgan fingerprint density at radius 1 is 1.14 bits per heavy atom. The summed E-state index contributed by atoms with van der Waals surface area (Å²) in [5.41, 5.74) is 0. The minimum atomic E-state index is -3.30. The Labute approximate surface area is 137 Å². The first-order chi connectivity index (χ1) is 10.3. The molecule has 132 valence electrons. The minimum absolute atomic E-state index is 0.442. The van der Waals surface area contributed by atoms with Crippen LogP contribution in [0, 0.1) is 17.8 Å². The summed E-state index contributed by atoms with van der Waals surface area (Å²) >= 11 is 0. The lowest BCUT2D eigenvalue weighted by Crippen LogP contribution is -2.44. The highest BCUT2D eigenvalue weighted by molar-refractivity contribution is 7.86. The van der Waals surface area contributed by atoms with Gasteiger partial charge >= 0.3 is 0 Å². The standard InChI is InChI=1S/C16H35N3O2S/c1-14(2)6-9-18(10-7-15(3)4)22(20,21)19-11-8-16(13-19)12-17-5/h14-17H,6-13H2,1-5H3. The molecule has 1 atom stereocenters. The number of nitrogens with one attached hydrogen (secondary N) is 1. The molecule has 0 saturated carbocycles. The molecule has 0 radical (unpaired) electrons. The molecule has 22 heavy (non-hydrogen) atoms. The Kier molecular flexibility index (Phi) is 8.32. The highest BCUT2D eigenvalue weighted by Crippen LogP contribution is 2.22. The average Bonchev–Trinajstić information content (AvgIpc) is 2.87. The predicted octanol–water partition coefficient (Wildman–Crippen LogP) is 2.17. The van der Waals surface area contributed by atoms with Gasteiger partial charge in [-0.2, -0.15) is 17.0 Å². The molecule has 0 spiro atoms. The summed E-state index contributed by atoms with van der Waals surface area (Å²) in [6, 6.07) is 0. The second-order valence-electron chi connectivity index (χ2n) is 7.34. The van der Waals surface area contributed by atoms with Crippen LogP contribution < -0.4 is 5.32 Å². The van der Waals surface area contributed by atoms with Crippen molar-refractivity contribution in [3.8, 4) is 0 Å². The second-order valence-corrected chi connectivity index (χ2v) is 9.27. The number of nitrogens with zero attached hydrogens (tertiary/aromatic N) is 2. The van der Waals surface area contributed by atoms with Crippen LogP contribution in [0.3, 0.4) is 0 Å². The molecule has 0 amide bonds. The van der Waals surface area contributed by atoms with E-state index in [1.165, 1.54) is 0 Å². The van der Waals surface area contributed by atoms with E-state index in [0.29, 0.717) is 43.9 Å². The third kappa shape index (κ3) is 6.14. The van der Waals surface area contributed by atoms with E-state index in [4.69, 9.17) is 0 Å². The average molecular weight is 334 g/mol.